The van der Waals surface area contributed by atoms with Crippen molar-refractivity contribution < 1.29 is 144 Å². The molecule has 6 radical (unpaired) electrons. The van der Waals surface area contributed by atoms with Gasteiger partial charge in [0.05, 0.1) is 0 Å². The Balaban J connectivity index is 0. The largest absolute Gasteiger partial charge is 0 e. The molecular weight excluding hydrogens is 521 g/mol. The van der Waals surface area contributed by atoms with Crippen LogP contribution in [-0.4, -0.2) is 0 Å². The second-order valence-corrected chi connectivity index (χ2v) is 0. The summed E-state index contributed by atoms with van der Waals surface area (Å²) >= 11 is 0. The molecule has 0 aromatic rings. The van der Waals surface area contributed by atoms with Gasteiger partial charge in [-0.3, -0.25) is 0 Å². The molecule has 0 aromatic heterocycles. The summed E-state index contributed by atoms with van der Waals surface area (Å²) in [6.45, 7) is 0. The number of rotatable bonds is 0. The van der Waals surface area contributed by atoms with Gasteiger partial charge in [-0.1, -0.05) is 0 Å². The van der Waals surface area contributed by atoms with Crippen molar-refractivity contribution in [3.05, 3.63) is 0 Å². The Kier molecular flexibility index (Phi) is 419. The normalized spacial score (nSPS) is 0. The molecule has 0 aliphatic carbocycles. The standard InChI is InChI=1S/Ce.6Cu. The third kappa shape index (κ3) is 37.5. The molecule has 0 atom stereocenters. The van der Waals surface area contributed by atoms with E-state index in [9.17, 15) is 0 Å². The van der Waals surface area contributed by atoms with Gasteiger partial charge in [-0.05, 0) is 0 Å². The van der Waals surface area contributed by atoms with Crippen LogP contribution >= 0.6 is 0 Å². The minimum absolute atomic E-state index is 0. The molecule has 0 aliphatic rings. The molecule has 0 unspecified atom stereocenters. The molecule has 0 spiro atoms. The first-order valence-corrected chi connectivity index (χ1v) is 0. The smallest absolute Gasteiger partial charge is 0 e. The second kappa shape index (κ2) is 46.8. The van der Waals surface area contributed by atoms with E-state index < -0.39 is 0 Å². The molecule has 0 nitrogen and oxygen atoms in total. The average molecular weight is 521 g/mol. The quantitative estimate of drug-likeness (QED) is 0.394. The van der Waals surface area contributed by atoms with Crippen LogP contribution in [0.15, 0.2) is 0 Å². The zero-order valence-electron chi connectivity index (χ0n) is 2.31. The molecule has 0 heterocycles. The summed E-state index contributed by atoms with van der Waals surface area (Å²) in [6, 6.07) is 0. The molecule has 0 aliphatic heterocycles. The summed E-state index contributed by atoms with van der Waals surface area (Å²) in [6.07, 6.45) is 0. The van der Waals surface area contributed by atoms with Crippen molar-refractivity contribution in [1.29, 1.82) is 0 Å². The predicted octanol–water partition coefficient (Wildman–Crippen LogP) is -0.0150. The van der Waals surface area contributed by atoms with Gasteiger partial charge >= 0.3 is 0 Å². The van der Waals surface area contributed by atoms with E-state index in [0.717, 1.165) is 0 Å². The van der Waals surface area contributed by atoms with E-state index in [1.165, 1.54) is 0 Å². The third-order valence-electron chi connectivity index (χ3n) is 0. The Bertz CT molecular complexity index is 4.14. The van der Waals surface area contributed by atoms with Crippen LogP contribution in [0.2, 0.25) is 0 Å². The van der Waals surface area contributed by atoms with Gasteiger partial charge < -0.3 is 0 Å². The van der Waals surface area contributed by atoms with Crippen molar-refractivity contribution in [2.45, 2.75) is 0 Å². The molecule has 0 rings (SSSR count). The first kappa shape index (κ1) is 62.7. The fraction of sp³-hybridized carbons (Fsp3) is 0. The third-order valence-corrected chi connectivity index (χ3v) is 0. The summed E-state index contributed by atoms with van der Waals surface area (Å²) in [5.74, 6) is 0. The molecule has 0 saturated carbocycles. The molecule has 7 heavy (non-hydrogen) atoms. The van der Waals surface area contributed by atoms with Crippen LogP contribution in [0.25, 0.3) is 0 Å². The van der Waals surface area contributed by atoms with Crippen LogP contribution in [0, 0.1) is 41.7 Å². The first-order valence-electron chi connectivity index (χ1n) is 0. The van der Waals surface area contributed by atoms with Crippen LogP contribution in [-0.2, 0) is 102 Å². The van der Waals surface area contributed by atoms with Gasteiger partial charge in [0.15, 0.2) is 0 Å². The first-order chi connectivity index (χ1) is 0. The van der Waals surface area contributed by atoms with Crippen molar-refractivity contribution in [3.63, 3.8) is 0 Å². The maximum absolute atomic E-state index is 0. The molecule has 0 N–H and O–H groups in total. The van der Waals surface area contributed by atoms with E-state index in [4.69, 9.17) is 0 Å². The van der Waals surface area contributed by atoms with E-state index in [0.29, 0.717) is 0 Å². The molecule has 7 heteroatoms. The Morgan fingerprint density at radius 1 is 0.286 bits per heavy atom. The Hall–Kier alpha value is 4.49. The van der Waals surface area contributed by atoms with Crippen LogP contribution in [0.4, 0.5) is 0 Å². The van der Waals surface area contributed by atoms with Crippen molar-refractivity contribution in [1.82, 2.24) is 0 Å². The van der Waals surface area contributed by atoms with Gasteiger partial charge in [-0.15, -0.1) is 0 Å². The fourth-order valence-corrected chi connectivity index (χ4v) is 0. The fourth-order valence-electron chi connectivity index (χ4n) is 0. The summed E-state index contributed by atoms with van der Waals surface area (Å²) in [5.41, 5.74) is 0. The van der Waals surface area contributed by atoms with Gasteiger partial charge in [-0.2, -0.15) is 0 Å². The van der Waals surface area contributed by atoms with Crippen molar-refractivity contribution >= 4 is 0 Å². The number of hydrogen-bond acceptors (Lipinski definition) is 0. The summed E-state index contributed by atoms with van der Waals surface area (Å²) in [5, 5.41) is 0. The number of hydrogen-bond donors (Lipinski definition) is 0. The minimum atomic E-state index is 0. The van der Waals surface area contributed by atoms with E-state index in [1.807, 2.05) is 0 Å². The maximum Gasteiger partial charge on any atom is 0 e. The minimum Gasteiger partial charge on any atom is 0 e. The maximum atomic E-state index is 0. The molecular formula is CeCu6. The monoisotopic (exact) mass is 517 g/mol. The van der Waals surface area contributed by atoms with Gasteiger partial charge in [-0.25, -0.2) is 0 Å². The van der Waals surface area contributed by atoms with Crippen LogP contribution in [0.5, 0.6) is 0 Å². The zero-order valence-corrected chi connectivity index (χ0v) is 11.1. The second-order valence-electron chi connectivity index (χ2n) is 0. The van der Waals surface area contributed by atoms with Crippen LogP contribution in [0.3, 0.4) is 0 Å². The predicted molar refractivity (Wildman–Crippen MR) is 0 cm³/mol. The Morgan fingerprint density at radius 2 is 0.286 bits per heavy atom. The van der Waals surface area contributed by atoms with Gasteiger partial charge in [0.25, 0.3) is 0 Å². The molecule has 0 aromatic carbocycles. The van der Waals surface area contributed by atoms with Crippen LogP contribution < -0.4 is 0 Å². The molecule has 0 bridgehead atoms. The van der Waals surface area contributed by atoms with E-state index >= 15 is 0 Å². The Morgan fingerprint density at radius 3 is 0.286 bits per heavy atom. The Labute approximate surface area is 141 Å². The molecule has 0 fully saturated rings. The molecule has 0 amide bonds. The SMILES string of the molecule is [Ce].[Cu].[Cu].[Cu].[Cu].[Cu].[Cu]. The molecule has 0 saturated heterocycles. The summed E-state index contributed by atoms with van der Waals surface area (Å²) < 4.78 is 0. The van der Waals surface area contributed by atoms with Gasteiger partial charge in [0.2, 0.25) is 0 Å². The van der Waals surface area contributed by atoms with Crippen LogP contribution in [0.1, 0.15) is 0 Å². The molecule has 70 valence electrons. The van der Waals surface area contributed by atoms with E-state index in [-0.39, 0.29) is 144 Å². The zero-order chi connectivity index (χ0) is 0. The summed E-state index contributed by atoms with van der Waals surface area (Å²) in [7, 11) is 0. The topological polar surface area (TPSA) is 0 Å². The average Bonchev–Trinajstić information content (AvgIpc) is 0. The summed E-state index contributed by atoms with van der Waals surface area (Å²) in [4.78, 5) is 0. The van der Waals surface area contributed by atoms with E-state index in [2.05, 4.69) is 0 Å². The van der Waals surface area contributed by atoms with E-state index in [1.54, 1.807) is 0 Å². The van der Waals surface area contributed by atoms with Gasteiger partial charge in [0.1, 0.15) is 0 Å². The van der Waals surface area contributed by atoms with Crippen molar-refractivity contribution in [2.24, 2.45) is 0 Å². The van der Waals surface area contributed by atoms with Crippen molar-refractivity contribution in [3.8, 4) is 0 Å². The van der Waals surface area contributed by atoms with Gasteiger partial charge in [0, 0.05) is 144 Å². The van der Waals surface area contributed by atoms with Crippen molar-refractivity contribution in [2.75, 3.05) is 0 Å².